The van der Waals surface area contributed by atoms with E-state index in [-0.39, 0.29) is 0 Å². The molecule has 1 atom stereocenters. The quantitative estimate of drug-likeness (QED) is 0.405. The van der Waals surface area contributed by atoms with Crippen molar-refractivity contribution in [1.29, 1.82) is 0 Å². The second-order valence-corrected chi connectivity index (χ2v) is 4.36. The van der Waals surface area contributed by atoms with Crippen LogP contribution in [0.3, 0.4) is 0 Å². The predicted molar refractivity (Wildman–Crippen MR) is 60.8 cm³/mol. The van der Waals surface area contributed by atoms with Gasteiger partial charge in [0.05, 0.1) is 6.04 Å². The molecule has 0 saturated heterocycles. The average Bonchev–Trinajstić information content (AvgIpc) is 2.41. The topological polar surface area (TPSA) is 41.3 Å². The number of likely N-dealkylation sites (N-methyl/N-ethyl adjacent to an activating group) is 1. The molecule has 3 nitrogen and oxygen atoms in total. The molecule has 0 amide bonds. The maximum Gasteiger partial charge on any atom is 0.0546 e. The van der Waals surface area contributed by atoms with E-state index in [2.05, 4.69) is 30.5 Å². The fourth-order valence-electron chi connectivity index (χ4n) is 2.00. The Balaban J connectivity index is 2.52. The molecule has 0 aromatic heterocycles. The lowest BCUT2D eigenvalue weighted by Gasteiger charge is -2.22. The van der Waals surface area contributed by atoms with Gasteiger partial charge in [0, 0.05) is 6.54 Å². The normalized spacial score (nSPS) is 20.4. The van der Waals surface area contributed by atoms with Gasteiger partial charge in [0.15, 0.2) is 0 Å². The van der Waals surface area contributed by atoms with E-state index in [4.69, 9.17) is 5.84 Å². The van der Waals surface area contributed by atoms with Crippen LogP contribution >= 0.6 is 0 Å². The van der Waals surface area contributed by atoms with E-state index in [0.29, 0.717) is 6.04 Å². The van der Waals surface area contributed by atoms with Gasteiger partial charge in [0.2, 0.25) is 0 Å². The van der Waals surface area contributed by atoms with Crippen LogP contribution in [0, 0.1) is 0 Å². The third kappa shape index (κ3) is 3.78. The van der Waals surface area contributed by atoms with Crippen molar-refractivity contribution in [3.8, 4) is 0 Å². The number of hydrogen-bond acceptors (Lipinski definition) is 3. The van der Waals surface area contributed by atoms with Crippen molar-refractivity contribution >= 4 is 0 Å². The molecule has 1 aliphatic rings. The van der Waals surface area contributed by atoms with Gasteiger partial charge >= 0.3 is 0 Å². The Kier molecular flexibility index (Phi) is 5.15. The Labute approximate surface area is 87.3 Å². The monoisotopic (exact) mass is 197 g/mol. The number of nitrogens with two attached hydrogens (primary N) is 1. The molecule has 1 rings (SSSR count). The molecule has 1 unspecified atom stereocenters. The number of allylic oxidation sites excluding steroid dienone is 1. The Bertz CT molecular complexity index is 187. The van der Waals surface area contributed by atoms with Crippen LogP contribution in [-0.4, -0.2) is 31.6 Å². The summed E-state index contributed by atoms with van der Waals surface area (Å²) in [5.41, 5.74) is 4.42. The Hall–Kier alpha value is -0.380. The summed E-state index contributed by atoms with van der Waals surface area (Å²) in [7, 11) is 4.17. The highest BCUT2D eigenvalue weighted by molar-refractivity contribution is 5.12. The maximum atomic E-state index is 5.59. The van der Waals surface area contributed by atoms with Crippen LogP contribution in [0.25, 0.3) is 0 Å². The van der Waals surface area contributed by atoms with E-state index in [0.717, 1.165) is 6.54 Å². The summed E-state index contributed by atoms with van der Waals surface area (Å²) in [4.78, 5) is 2.18. The van der Waals surface area contributed by atoms with Gasteiger partial charge in [-0.1, -0.05) is 18.1 Å². The largest absolute Gasteiger partial charge is 0.307 e. The summed E-state index contributed by atoms with van der Waals surface area (Å²) < 4.78 is 0. The second-order valence-electron chi connectivity index (χ2n) is 4.36. The maximum absolute atomic E-state index is 5.59. The van der Waals surface area contributed by atoms with Gasteiger partial charge in [0.1, 0.15) is 0 Å². The fraction of sp³-hybridized carbons (Fsp3) is 0.818. The van der Waals surface area contributed by atoms with Crippen molar-refractivity contribution < 1.29 is 0 Å². The van der Waals surface area contributed by atoms with Gasteiger partial charge in [-0.2, -0.15) is 0 Å². The molecule has 0 radical (unpaired) electrons. The molecule has 0 fully saturated rings. The standard InChI is InChI=1S/C11H23N3/c1-14(2)9-11(13-12)10-7-5-3-4-6-8-10/h7,11,13H,3-6,8-9,12H2,1-2H3. The molecule has 1 aliphatic carbocycles. The highest BCUT2D eigenvalue weighted by Crippen LogP contribution is 2.19. The Morgan fingerprint density at radius 1 is 1.43 bits per heavy atom. The summed E-state index contributed by atoms with van der Waals surface area (Å²) in [5.74, 6) is 5.59. The van der Waals surface area contributed by atoms with Crippen molar-refractivity contribution in [2.45, 2.75) is 38.1 Å². The molecule has 0 saturated carbocycles. The van der Waals surface area contributed by atoms with Gasteiger partial charge in [0.25, 0.3) is 0 Å². The first-order valence-electron chi connectivity index (χ1n) is 5.54. The zero-order valence-electron chi connectivity index (χ0n) is 9.42. The van der Waals surface area contributed by atoms with Gasteiger partial charge in [-0.15, -0.1) is 0 Å². The summed E-state index contributed by atoms with van der Waals surface area (Å²) in [5, 5.41) is 0. The van der Waals surface area contributed by atoms with Crippen molar-refractivity contribution in [2.75, 3.05) is 20.6 Å². The minimum Gasteiger partial charge on any atom is -0.307 e. The highest BCUT2D eigenvalue weighted by atomic mass is 15.3. The summed E-state index contributed by atoms with van der Waals surface area (Å²) in [6, 6.07) is 0.336. The van der Waals surface area contributed by atoms with Crippen molar-refractivity contribution in [2.24, 2.45) is 5.84 Å². The predicted octanol–water partition coefficient (Wildman–Crippen LogP) is 1.27. The number of rotatable bonds is 4. The van der Waals surface area contributed by atoms with Crippen LogP contribution in [0.15, 0.2) is 11.6 Å². The fourth-order valence-corrected chi connectivity index (χ4v) is 2.00. The number of nitrogens with one attached hydrogen (secondary N) is 1. The lowest BCUT2D eigenvalue weighted by Crippen LogP contribution is -2.43. The van der Waals surface area contributed by atoms with Crippen LogP contribution in [0.5, 0.6) is 0 Å². The minimum atomic E-state index is 0.336. The van der Waals surface area contributed by atoms with E-state index in [1.54, 1.807) is 0 Å². The van der Waals surface area contributed by atoms with E-state index >= 15 is 0 Å². The lowest BCUT2D eigenvalue weighted by atomic mass is 10.0. The van der Waals surface area contributed by atoms with Crippen molar-refractivity contribution in [1.82, 2.24) is 10.3 Å². The Morgan fingerprint density at radius 3 is 2.86 bits per heavy atom. The van der Waals surface area contributed by atoms with E-state index < -0.39 is 0 Å². The lowest BCUT2D eigenvalue weighted by molar-refractivity contribution is 0.357. The van der Waals surface area contributed by atoms with Crippen molar-refractivity contribution in [3.05, 3.63) is 11.6 Å². The zero-order chi connectivity index (χ0) is 10.4. The highest BCUT2D eigenvalue weighted by Gasteiger charge is 2.14. The first-order chi connectivity index (χ1) is 6.74. The molecule has 3 N–H and O–H groups in total. The van der Waals surface area contributed by atoms with Gasteiger partial charge < -0.3 is 4.90 Å². The molecule has 82 valence electrons. The molecule has 0 aliphatic heterocycles. The molecular formula is C11H23N3. The first-order valence-corrected chi connectivity index (χ1v) is 5.54. The third-order valence-corrected chi connectivity index (χ3v) is 2.77. The zero-order valence-corrected chi connectivity index (χ0v) is 9.42. The molecule has 0 bridgehead atoms. The second kappa shape index (κ2) is 6.17. The van der Waals surface area contributed by atoms with Crippen LogP contribution in [0.1, 0.15) is 32.1 Å². The van der Waals surface area contributed by atoms with Crippen LogP contribution in [-0.2, 0) is 0 Å². The third-order valence-electron chi connectivity index (χ3n) is 2.77. The van der Waals surface area contributed by atoms with Gasteiger partial charge in [-0.25, -0.2) is 0 Å². The number of hydrazine groups is 1. The minimum absolute atomic E-state index is 0.336. The van der Waals surface area contributed by atoms with Crippen LogP contribution < -0.4 is 11.3 Å². The Morgan fingerprint density at radius 2 is 2.21 bits per heavy atom. The molecule has 0 aromatic carbocycles. The van der Waals surface area contributed by atoms with E-state index in [9.17, 15) is 0 Å². The molecular weight excluding hydrogens is 174 g/mol. The smallest absolute Gasteiger partial charge is 0.0546 e. The average molecular weight is 197 g/mol. The van der Waals surface area contributed by atoms with Gasteiger partial charge in [-0.3, -0.25) is 11.3 Å². The number of hydrogen-bond donors (Lipinski definition) is 2. The molecule has 0 heterocycles. The van der Waals surface area contributed by atoms with Gasteiger partial charge in [-0.05, 0) is 39.8 Å². The molecule has 3 heteroatoms. The van der Waals surface area contributed by atoms with Crippen LogP contribution in [0.2, 0.25) is 0 Å². The summed E-state index contributed by atoms with van der Waals surface area (Å²) in [6.45, 7) is 0.988. The summed E-state index contributed by atoms with van der Waals surface area (Å²) >= 11 is 0. The van der Waals surface area contributed by atoms with Crippen molar-refractivity contribution in [3.63, 3.8) is 0 Å². The van der Waals surface area contributed by atoms with E-state index in [1.165, 1.54) is 37.7 Å². The number of nitrogens with zero attached hydrogens (tertiary/aromatic N) is 1. The first kappa shape index (κ1) is 11.7. The molecule has 0 aromatic rings. The molecule has 14 heavy (non-hydrogen) atoms. The SMILES string of the molecule is CN(C)CC(NN)C1=CCCCCC1. The molecule has 0 spiro atoms. The summed E-state index contributed by atoms with van der Waals surface area (Å²) in [6.07, 6.45) is 8.82. The van der Waals surface area contributed by atoms with Crippen LogP contribution in [0.4, 0.5) is 0 Å². The van der Waals surface area contributed by atoms with E-state index in [1.807, 2.05) is 0 Å².